The summed E-state index contributed by atoms with van der Waals surface area (Å²) < 4.78 is 0. The smallest absolute Gasteiger partial charge is 0.321 e. The molecule has 0 aliphatic rings. The molecule has 0 atom stereocenters. The molecule has 1 aromatic heterocycles. The molecule has 2 N–H and O–H groups in total. The summed E-state index contributed by atoms with van der Waals surface area (Å²) in [6.07, 6.45) is 1.46. The van der Waals surface area contributed by atoms with Gasteiger partial charge in [-0.1, -0.05) is 30.0 Å². The van der Waals surface area contributed by atoms with Gasteiger partial charge in [0.1, 0.15) is 11.4 Å². The lowest BCUT2D eigenvalue weighted by molar-refractivity contribution is -0.117. The molecule has 19 heavy (non-hydrogen) atoms. The molecule has 3 amide bonds. The highest BCUT2D eigenvalue weighted by Crippen LogP contribution is 2.23. The van der Waals surface area contributed by atoms with E-state index in [1.54, 1.807) is 0 Å². The van der Waals surface area contributed by atoms with Crippen LogP contribution in [0.4, 0.5) is 4.79 Å². The Morgan fingerprint density at radius 1 is 1.26 bits per heavy atom. The van der Waals surface area contributed by atoms with Crippen molar-refractivity contribution >= 4 is 34.6 Å². The molecule has 0 radical (unpaired) electrons. The van der Waals surface area contributed by atoms with E-state index in [1.807, 2.05) is 24.3 Å². The van der Waals surface area contributed by atoms with Crippen LogP contribution >= 0.6 is 11.8 Å². The van der Waals surface area contributed by atoms with Gasteiger partial charge in [-0.25, -0.2) is 14.8 Å². The van der Waals surface area contributed by atoms with Gasteiger partial charge in [0.25, 0.3) is 0 Å². The molecule has 0 fully saturated rings. The van der Waals surface area contributed by atoms with Gasteiger partial charge in [-0.2, -0.15) is 0 Å². The average Bonchev–Trinajstić information content (AvgIpc) is 2.44. The molecule has 1 aromatic carbocycles. The molecule has 0 saturated carbocycles. The van der Waals surface area contributed by atoms with Crippen molar-refractivity contribution in [2.75, 3.05) is 12.8 Å². The number of thioether (sulfide) groups is 1. The molecular weight excluding hydrogens is 264 g/mol. The van der Waals surface area contributed by atoms with Gasteiger partial charge in [-0.3, -0.25) is 10.1 Å². The van der Waals surface area contributed by atoms with E-state index in [1.165, 1.54) is 25.1 Å². The molecule has 98 valence electrons. The molecule has 0 saturated heterocycles. The van der Waals surface area contributed by atoms with Gasteiger partial charge < -0.3 is 5.32 Å². The highest BCUT2D eigenvalue weighted by molar-refractivity contribution is 8.00. The number of benzene rings is 1. The Hall–Kier alpha value is -2.15. The third-order valence-electron chi connectivity index (χ3n) is 2.33. The molecule has 0 aliphatic heterocycles. The molecule has 6 nitrogen and oxygen atoms in total. The van der Waals surface area contributed by atoms with E-state index in [-0.39, 0.29) is 11.7 Å². The fourth-order valence-corrected chi connectivity index (χ4v) is 2.24. The van der Waals surface area contributed by atoms with Gasteiger partial charge in [0.2, 0.25) is 5.91 Å². The van der Waals surface area contributed by atoms with E-state index in [2.05, 4.69) is 20.6 Å². The lowest BCUT2D eigenvalue weighted by Gasteiger charge is -2.05. The van der Waals surface area contributed by atoms with Crippen LogP contribution in [0, 0.1) is 0 Å². The minimum Gasteiger partial charge on any atom is -0.341 e. The molecular formula is C12H12N4O2S. The molecule has 2 rings (SSSR count). The number of carbonyl (C=O) groups excluding carboxylic acids is 2. The fraction of sp³-hybridized carbons (Fsp3) is 0.167. The topological polar surface area (TPSA) is 84.0 Å². The Labute approximate surface area is 114 Å². The van der Waals surface area contributed by atoms with Crippen molar-refractivity contribution in [1.82, 2.24) is 20.6 Å². The van der Waals surface area contributed by atoms with E-state index in [0.29, 0.717) is 0 Å². The summed E-state index contributed by atoms with van der Waals surface area (Å²) in [6, 6.07) is 7.04. The summed E-state index contributed by atoms with van der Waals surface area (Å²) in [5.41, 5.74) is 0.826. The average molecular weight is 276 g/mol. The van der Waals surface area contributed by atoms with Crippen LogP contribution in [0.15, 0.2) is 35.6 Å². The molecule has 0 spiro atoms. The largest absolute Gasteiger partial charge is 0.341 e. The lowest BCUT2D eigenvalue weighted by atomic mass is 10.2. The monoisotopic (exact) mass is 276 g/mol. The lowest BCUT2D eigenvalue weighted by Crippen LogP contribution is -2.38. The Morgan fingerprint density at radius 3 is 2.84 bits per heavy atom. The van der Waals surface area contributed by atoms with Crippen molar-refractivity contribution in [1.29, 1.82) is 0 Å². The van der Waals surface area contributed by atoms with Crippen LogP contribution in [0.3, 0.4) is 0 Å². The predicted molar refractivity (Wildman–Crippen MR) is 72.9 cm³/mol. The predicted octanol–water partition coefficient (Wildman–Crippen LogP) is 1.18. The summed E-state index contributed by atoms with van der Waals surface area (Å²) in [6.45, 7) is 0. The highest BCUT2D eigenvalue weighted by Gasteiger charge is 2.09. The van der Waals surface area contributed by atoms with Crippen molar-refractivity contribution in [2.45, 2.75) is 5.03 Å². The number of amides is 3. The van der Waals surface area contributed by atoms with Gasteiger partial charge in [0, 0.05) is 12.4 Å². The summed E-state index contributed by atoms with van der Waals surface area (Å²) >= 11 is 1.27. The Morgan fingerprint density at radius 2 is 2.05 bits per heavy atom. The van der Waals surface area contributed by atoms with Crippen molar-refractivity contribution in [3.63, 3.8) is 0 Å². The maximum atomic E-state index is 11.5. The first kappa shape index (κ1) is 13.3. The van der Waals surface area contributed by atoms with Crippen LogP contribution < -0.4 is 10.6 Å². The zero-order chi connectivity index (χ0) is 13.7. The van der Waals surface area contributed by atoms with Gasteiger partial charge in [-0.15, -0.1) is 0 Å². The molecule has 1 heterocycles. The van der Waals surface area contributed by atoms with Gasteiger partial charge in [0.05, 0.1) is 11.3 Å². The second-order valence-electron chi connectivity index (χ2n) is 3.61. The van der Waals surface area contributed by atoms with Crippen molar-refractivity contribution in [2.24, 2.45) is 0 Å². The maximum absolute atomic E-state index is 11.5. The summed E-state index contributed by atoms with van der Waals surface area (Å²) in [5, 5.41) is 6.12. The number of carbonyl (C=O) groups is 2. The zero-order valence-electron chi connectivity index (χ0n) is 10.2. The number of aromatic nitrogens is 2. The van der Waals surface area contributed by atoms with E-state index < -0.39 is 6.03 Å². The van der Waals surface area contributed by atoms with Gasteiger partial charge >= 0.3 is 6.03 Å². The number of fused-ring (bicyclic) bond motifs is 1. The van der Waals surface area contributed by atoms with Crippen LogP contribution in [0.2, 0.25) is 0 Å². The summed E-state index contributed by atoms with van der Waals surface area (Å²) in [5.74, 6) is -0.249. The number of imide groups is 1. The van der Waals surface area contributed by atoms with Crippen LogP contribution in [0.1, 0.15) is 0 Å². The van der Waals surface area contributed by atoms with E-state index in [4.69, 9.17) is 0 Å². The number of para-hydroxylation sites is 1. The first-order valence-electron chi connectivity index (χ1n) is 5.55. The van der Waals surface area contributed by atoms with Gasteiger partial charge in [0.15, 0.2) is 0 Å². The quantitative estimate of drug-likeness (QED) is 0.649. The van der Waals surface area contributed by atoms with Gasteiger partial charge in [-0.05, 0) is 6.07 Å². The first-order chi connectivity index (χ1) is 9.20. The second kappa shape index (κ2) is 6.14. The Bertz CT molecular complexity index is 612. The molecule has 0 aliphatic carbocycles. The zero-order valence-corrected chi connectivity index (χ0v) is 11.0. The maximum Gasteiger partial charge on any atom is 0.321 e. The number of nitrogens with zero attached hydrogens (tertiary/aromatic N) is 2. The van der Waals surface area contributed by atoms with Crippen LogP contribution in [0.25, 0.3) is 10.9 Å². The highest BCUT2D eigenvalue weighted by atomic mass is 32.2. The number of nitrogens with one attached hydrogen (secondary N) is 2. The number of hydrogen-bond donors (Lipinski definition) is 2. The minimum atomic E-state index is -0.516. The minimum absolute atomic E-state index is 0.119. The third kappa shape index (κ3) is 3.41. The Kier molecular flexibility index (Phi) is 4.30. The SMILES string of the molecule is CNC(=O)NC(=O)CSc1ncnc2ccccc12. The Balaban J connectivity index is 2.06. The standard InChI is InChI=1S/C12H12N4O2S/c1-13-12(18)16-10(17)6-19-11-8-4-2-3-5-9(8)14-7-15-11/h2-5,7H,6H2,1H3,(H2,13,16,17,18). The van der Waals surface area contributed by atoms with Crippen LogP contribution in [-0.4, -0.2) is 34.7 Å². The third-order valence-corrected chi connectivity index (χ3v) is 3.33. The second-order valence-corrected chi connectivity index (χ2v) is 4.58. The van der Waals surface area contributed by atoms with Crippen molar-refractivity contribution < 1.29 is 9.59 Å². The first-order valence-corrected chi connectivity index (χ1v) is 6.53. The summed E-state index contributed by atoms with van der Waals surface area (Å²) in [4.78, 5) is 30.7. The van der Waals surface area contributed by atoms with E-state index in [0.717, 1.165) is 15.9 Å². The fourth-order valence-electron chi connectivity index (χ4n) is 1.45. The van der Waals surface area contributed by atoms with E-state index in [9.17, 15) is 9.59 Å². The number of hydrogen-bond acceptors (Lipinski definition) is 5. The molecule has 7 heteroatoms. The molecule has 0 bridgehead atoms. The van der Waals surface area contributed by atoms with Crippen LogP contribution in [-0.2, 0) is 4.79 Å². The van der Waals surface area contributed by atoms with Crippen molar-refractivity contribution in [3.8, 4) is 0 Å². The van der Waals surface area contributed by atoms with Crippen molar-refractivity contribution in [3.05, 3.63) is 30.6 Å². The molecule has 2 aromatic rings. The number of urea groups is 1. The van der Waals surface area contributed by atoms with E-state index >= 15 is 0 Å². The summed E-state index contributed by atoms with van der Waals surface area (Å²) in [7, 11) is 1.45. The number of rotatable bonds is 3. The molecule has 0 unspecified atom stereocenters. The van der Waals surface area contributed by atoms with Crippen LogP contribution in [0.5, 0.6) is 0 Å². The normalized spacial score (nSPS) is 10.2.